The zero-order chi connectivity index (χ0) is 15.5. The Bertz CT molecular complexity index is 616. The van der Waals surface area contributed by atoms with E-state index in [1.807, 2.05) is 36.9 Å². The first-order valence-electron chi connectivity index (χ1n) is 7.16. The summed E-state index contributed by atoms with van der Waals surface area (Å²) < 4.78 is 7.08. The molecule has 0 aliphatic heterocycles. The van der Waals surface area contributed by atoms with E-state index in [9.17, 15) is 4.79 Å². The molecule has 2 heterocycles. The Kier molecular flexibility index (Phi) is 4.77. The van der Waals surface area contributed by atoms with E-state index in [1.54, 1.807) is 6.20 Å². The van der Waals surface area contributed by atoms with Crippen LogP contribution in [0.2, 0.25) is 0 Å². The van der Waals surface area contributed by atoms with Crippen LogP contribution in [0.25, 0.3) is 10.7 Å². The van der Waals surface area contributed by atoms with Crippen LogP contribution in [0, 0.1) is 0 Å². The second kappa shape index (κ2) is 6.39. The molecule has 6 heteroatoms. The van der Waals surface area contributed by atoms with Crippen molar-refractivity contribution in [2.75, 3.05) is 6.61 Å². The Morgan fingerprint density at radius 1 is 1.43 bits per heavy atom. The average molecular weight is 307 g/mol. The Hall–Kier alpha value is -1.69. The zero-order valence-electron chi connectivity index (χ0n) is 12.9. The lowest BCUT2D eigenvalue weighted by molar-refractivity contribution is -0.148. The molecule has 0 aliphatic carbocycles. The predicted molar refractivity (Wildman–Crippen MR) is 83.3 cm³/mol. The van der Waals surface area contributed by atoms with Crippen LogP contribution in [0.4, 0.5) is 0 Å². The van der Waals surface area contributed by atoms with Gasteiger partial charge in [0.1, 0.15) is 10.4 Å². The lowest BCUT2D eigenvalue weighted by atomic mass is 9.90. The van der Waals surface area contributed by atoms with Gasteiger partial charge >= 0.3 is 5.97 Å². The lowest BCUT2D eigenvalue weighted by Crippen LogP contribution is -2.31. The monoisotopic (exact) mass is 307 g/mol. The molecule has 0 unspecified atom stereocenters. The first-order valence-corrected chi connectivity index (χ1v) is 8.04. The quantitative estimate of drug-likeness (QED) is 0.769. The largest absolute Gasteiger partial charge is 0.465 e. The van der Waals surface area contributed by atoms with Gasteiger partial charge in [-0.15, -0.1) is 11.3 Å². The van der Waals surface area contributed by atoms with Crippen molar-refractivity contribution in [1.29, 1.82) is 0 Å². The number of aryl methyl sites for hydroxylation is 1. The first kappa shape index (κ1) is 15.7. The first-order chi connectivity index (χ1) is 10.0. The van der Waals surface area contributed by atoms with E-state index in [0.29, 0.717) is 6.61 Å². The average Bonchev–Trinajstić information content (AvgIpc) is 3.07. The Morgan fingerprint density at radius 3 is 2.86 bits per heavy atom. The van der Waals surface area contributed by atoms with Crippen LogP contribution in [0.5, 0.6) is 0 Å². The van der Waals surface area contributed by atoms with Crippen molar-refractivity contribution in [2.24, 2.45) is 0 Å². The summed E-state index contributed by atoms with van der Waals surface area (Å²) in [5.74, 6) is -0.246. The molecule has 0 bridgehead atoms. The molecule has 0 radical (unpaired) electrons. The minimum atomic E-state index is -0.736. The van der Waals surface area contributed by atoms with E-state index in [1.165, 1.54) is 11.3 Å². The second-order valence-electron chi connectivity index (χ2n) is 5.32. The van der Waals surface area contributed by atoms with Crippen molar-refractivity contribution in [3.8, 4) is 10.7 Å². The second-order valence-corrected chi connectivity index (χ2v) is 6.18. The molecule has 0 saturated carbocycles. The van der Waals surface area contributed by atoms with Gasteiger partial charge in [-0.25, -0.2) is 4.98 Å². The highest BCUT2D eigenvalue weighted by Gasteiger charge is 2.34. The fourth-order valence-corrected chi connectivity index (χ4v) is 3.01. The SMILES string of the molecule is CCCn1nccc1-c1nc(C(C)(C)C(=O)OCC)cs1. The van der Waals surface area contributed by atoms with Gasteiger partial charge in [-0.2, -0.15) is 5.10 Å². The maximum absolute atomic E-state index is 12.1. The van der Waals surface area contributed by atoms with Gasteiger partial charge in [-0.05, 0) is 33.3 Å². The number of ether oxygens (including phenoxy) is 1. The predicted octanol–water partition coefficient (Wildman–Crippen LogP) is 3.26. The van der Waals surface area contributed by atoms with Gasteiger partial charge in [0.05, 0.1) is 18.0 Å². The van der Waals surface area contributed by atoms with E-state index >= 15 is 0 Å². The third kappa shape index (κ3) is 3.15. The third-order valence-corrected chi connectivity index (χ3v) is 4.17. The number of carbonyl (C=O) groups is 1. The van der Waals surface area contributed by atoms with Crippen LogP contribution in [-0.4, -0.2) is 27.3 Å². The number of carbonyl (C=O) groups excluding carboxylic acids is 1. The fraction of sp³-hybridized carbons (Fsp3) is 0.533. The molecule has 0 amide bonds. The van der Waals surface area contributed by atoms with Gasteiger partial charge in [-0.1, -0.05) is 6.92 Å². The molecule has 2 rings (SSSR count). The highest BCUT2D eigenvalue weighted by molar-refractivity contribution is 7.13. The smallest absolute Gasteiger partial charge is 0.317 e. The number of aromatic nitrogens is 3. The van der Waals surface area contributed by atoms with Crippen LogP contribution in [0.1, 0.15) is 39.8 Å². The van der Waals surface area contributed by atoms with E-state index in [4.69, 9.17) is 4.74 Å². The summed E-state index contributed by atoms with van der Waals surface area (Å²) >= 11 is 1.53. The van der Waals surface area contributed by atoms with E-state index in [-0.39, 0.29) is 5.97 Å². The van der Waals surface area contributed by atoms with Crippen molar-refractivity contribution in [3.05, 3.63) is 23.3 Å². The van der Waals surface area contributed by atoms with Gasteiger partial charge in [0.2, 0.25) is 0 Å². The van der Waals surface area contributed by atoms with Crippen LogP contribution in [0.15, 0.2) is 17.6 Å². The topological polar surface area (TPSA) is 57.0 Å². The molecular weight excluding hydrogens is 286 g/mol. The summed E-state index contributed by atoms with van der Waals surface area (Å²) in [5.41, 5.74) is 0.998. The van der Waals surface area contributed by atoms with Gasteiger partial charge < -0.3 is 4.74 Å². The molecule has 0 fully saturated rings. The molecule has 0 aromatic carbocycles. The maximum atomic E-state index is 12.1. The molecule has 0 saturated heterocycles. The Labute approximate surface area is 129 Å². The highest BCUT2D eigenvalue weighted by atomic mass is 32.1. The normalized spacial score (nSPS) is 11.6. The fourth-order valence-electron chi connectivity index (χ4n) is 2.00. The highest BCUT2D eigenvalue weighted by Crippen LogP contribution is 2.31. The van der Waals surface area contributed by atoms with Gasteiger partial charge in [0, 0.05) is 18.1 Å². The lowest BCUT2D eigenvalue weighted by Gasteiger charge is -2.19. The minimum Gasteiger partial charge on any atom is -0.465 e. The van der Waals surface area contributed by atoms with Gasteiger partial charge in [0.25, 0.3) is 0 Å². The summed E-state index contributed by atoms with van der Waals surface area (Å²) in [7, 11) is 0. The summed E-state index contributed by atoms with van der Waals surface area (Å²) in [6.07, 6.45) is 2.80. The van der Waals surface area contributed by atoms with Crippen molar-refractivity contribution in [1.82, 2.24) is 14.8 Å². The zero-order valence-corrected chi connectivity index (χ0v) is 13.7. The molecule has 0 aliphatic rings. The molecule has 114 valence electrons. The summed E-state index contributed by atoms with van der Waals surface area (Å²) in [4.78, 5) is 16.7. The molecule has 21 heavy (non-hydrogen) atoms. The molecule has 2 aromatic heterocycles. The number of nitrogens with zero attached hydrogens (tertiary/aromatic N) is 3. The van der Waals surface area contributed by atoms with Crippen LogP contribution in [-0.2, 0) is 21.5 Å². The van der Waals surface area contributed by atoms with Crippen LogP contribution in [0.3, 0.4) is 0 Å². The van der Waals surface area contributed by atoms with Crippen LogP contribution >= 0.6 is 11.3 Å². The summed E-state index contributed by atoms with van der Waals surface area (Å²) in [5, 5.41) is 7.12. The summed E-state index contributed by atoms with van der Waals surface area (Å²) in [6.45, 7) is 8.84. The minimum absolute atomic E-state index is 0.246. The van der Waals surface area contributed by atoms with Gasteiger partial charge in [-0.3, -0.25) is 9.48 Å². The molecule has 5 nitrogen and oxygen atoms in total. The number of rotatable bonds is 6. The Morgan fingerprint density at radius 2 is 2.19 bits per heavy atom. The number of thiazole rings is 1. The van der Waals surface area contributed by atoms with E-state index in [0.717, 1.165) is 29.4 Å². The van der Waals surface area contributed by atoms with Crippen molar-refractivity contribution in [2.45, 2.75) is 46.1 Å². The van der Waals surface area contributed by atoms with Crippen molar-refractivity contribution < 1.29 is 9.53 Å². The molecule has 2 aromatic rings. The molecule has 0 N–H and O–H groups in total. The van der Waals surface area contributed by atoms with E-state index < -0.39 is 5.41 Å². The molecular formula is C15H21N3O2S. The van der Waals surface area contributed by atoms with E-state index in [2.05, 4.69) is 17.0 Å². The summed E-state index contributed by atoms with van der Waals surface area (Å²) in [6, 6.07) is 1.95. The van der Waals surface area contributed by atoms with Gasteiger partial charge in [0.15, 0.2) is 0 Å². The van der Waals surface area contributed by atoms with Crippen molar-refractivity contribution in [3.63, 3.8) is 0 Å². The number of esters is 1. The number of hydrogen-bond acceptors (Lipinski definition) is 5. The molecule has 0 atom stereocenters. The molecule has 0 spiro atoms. The van der Waals surface area contributed by atoms with Crippen molar-refractivity contribution >= 4 is 17.3 Å². The maximum Gasteiger partial charge on any atom is 0.317 e. The standard InChI is InChI=1S/C15H21N3O2S/c1-5-9-18-11(7-8-16-18)13-17-12(10-21-13)15(3,4)14(19)20-6-2/h7-8,10H,5-6,9H2,1-4H3. The Balaban J connectivity index is 2.29. The number of hydrogen-bond donors (Lipinski definition) is 0. The third-order valence-electron chi connectivity index (χ3n) is 3.30. The van der Waals surface area contributed by atoms with Crippen LogP contribution < -0.4 is 0 Å².